The van der Waals surface area contributed by atoms with Gasteiger partial charge >= 0.3 is 0 Å². The van der Waals surface area contributed by atoms with E-state index in [1.807, 2.05) is 23.9 Å². The zero-order chi connectivity index (χ0) is 43.1. The van der Waals surface area contributed by atoms with E-state index in [9.17, 15) is 0 Å². The number of rotatable bonds is 8. The van der Waals surface area contributed by atoms with Gasteiger partial charge in [0.25, 0.3) is 0 Å². The molecule has 10 aromatic rings. The van der Waals surface area contributed by atoms with Crippen LogP contribution in [0.3, 0.4) is 0 Å². The van der Waals surface area contributed by atoms with Crippen molar-refractivity contribution < 1.29 is 4.74 Å². The highest BCUT2D eigenvalue weighted by Gasteiger charge is 2.29. The van der Waals surface area contributed by atoms with Crippen LogP contribution in [0, 0.1) is 0 Å². The second-order valence-electron chi connectivity index (χ2n) is 16.2. The molecule has 65 heavy (non-hydrogen) atoms. The summed E-state index contributed by atoms with van der Waals surface area (Å²) in [6.07, 6.45) is 0. The zero-order valence-corrected chi connectivity index (χ0v) is 36.1. The Morgan fingerprint density at radius 3 is 1.43 bits per heavy atom. The fraction of sp³-hybridized carbons (Fsp3) is 0. The van der Waals surface area contributed by atoms with Crippen LogP contribution < -0.4 is 19.4 Å². The lowest BCUT2D eigenvalue weighted by Gasteiger charge is -2.34. The summed E-state index contributed by atoms with van der Waals surface area (Å²) in [6, 6.07) is 88.7. The maximum absolute atomic E-state index is 6.73. The molecule has 0 aliphatic carbocycles. The SMILES string of the molecule is c1ccc(-c2ccc(N(c3ccc(-c4cc5c(cc4-c4ccccc4)N(c4ccccc4)c4ccccc4S5)cc3)c3ccc4c(c3)Oc3ccccc3N4c3ccccc3)cc2)cc1. The maximum atomic E-state index is 6.73. The van der Waals surface area contributed by atoms with Gasteiger partial charge in [0.1, 0.15) is 0 Å². The van der Waals surface area contributed by atoms with Crippen molar-refractivity contribution in [2.75, 3.05) is 14.7 Å². The van der Waals surface area contributed by atoms with Gasteiger partial charge in [0, 0.05) is 44.3 Å². The van der Waals surface area contributed by atoms with Crippen LogP contribution in [0.25, 0.3) is 33.4 Å². The topological polar surface area (TPSA) is 19.0 Å². The first kappa shape index (κ1) is 38.4. The van der Waals surface area contributed by atoms with E-state index in [-0.39, 0.29) is 0 Å². The van der Waals surface area contributed by atoms with Gasteiger partial charge in [-0.25, -0.2) is 0 Å². The van der Waals surface area contributed by atoms with Gasteiger partial charge in [-0.15, -0.1) is 0 Å². The van der Waals surface area contributed by atoms with Gasteiger partial charge in [-0.3, -0.25) is 0 Å². The highest BCUT2D eigenvalue weighted by Crippen LogP contribution is 2.55. The van der Waals surface area contributed by atoms with Crippen LogP contribution in [-0.2, 0) is 0 Å². The van der Waals surface area contributed by atoms with Crippen molar-refractivity contribution in [3.05, 3.63) is 249 Å². The molecule has 12 rings (SSSR count). The molecule has 4 nitrogen and oxygen atoms in total. The predicted molar refractivity (Wildman–Crippen MR) is 271 cm³/mol. The van der Waals surface area contributed by atoms with Crippen LogP contribution in [0.4, 0.5) is 51.2 Å². The molecule has 2 heterocycles. The summed E-state index contributed by atoms with van der Waals surface area (Å²) in [4.78, 5) is 9.46. The van der Waals surface area contributed by atoms with E-state index in [0.717, 1.165) is 56.9 Å². The van der Waals surface area contributed by atoms with E-state index >= 15 is 0 Å². The van der Waals surface area contributed by atoms with Crippen molar-refractivity contribution in [2.45, 2.75) is 9.79 Å². The number of benzene rings is 10. The predicted octanol–water partition coefficient (Wildman–Crippen LogP) is 17.7. The van der Waals surface area contributed by atoms with Crippen molar-refractivity contribution in [1.29, 1.82) is 0 Å². The smallest absolute Gasteiger partial charge is 0.153 e. The molecule has 0 saturated heterocycles. The van der Waals surface area contributed by atoms with Crippen LogP contribution in [0.1, 0.15) is 0 Å². The number of nitrogens with zero attached hydrogens (tertiary/aromatic N) is 3. The number of hydrogen-bond acceptors (Lipinski definition) is 5. The highest BCUT2D eigenvalue weighted by atomic mass is 32.2. The third-order valence-electron chi connectivity index (χ3n) is 12.2. The average Bonchev–Trinajstić information content (AvgIpc) is 3.38. The van der Waals surface area contributed by atoms with E-state index in [1.54, 1.807) is 0 Å². The fourth-order valence-electron chi connectivity index (χ4n) is 9.16. The lowest BCUT2D eigenvalue weighted by Crippen LogP contribution is -2.16. The Kier molecular flexibility index (Phi) is 9.73. The Labute approximate surface area is 383 Å². The van der Waals surface area contributed by atoms with Crippen molar-refractivity contribution in [3.8, 4) is 44.9 Å². The Morgan fingerprint density at radius 1 is 0.308 bits per heavy atom. The minimum atomic E-state index is 0.790. The summed E-state index contributed by atoms with van der Waals surface area (Å²) in [7, 11) is 0. The lowest BCUT2D eigenvalue weighted by atomic mass is 9.93. The third kappa shape index (κ3) is 7.09. The molecule has 10 aromatic carbocycles. The Bertz CT molecular complexity index is 3310. The quantitative estimate of drug-likeness (QED) is 0.151. The first-order valence-corrected chi connectivity index (χ1v) is 22.7. The van der Waals surface area contributed by atoms with Gasteiger partial charge in [0.05, 0.1) is 22.7 Å². The van der Waals surface area contributed by atoms with Crippen LogP contribution in [0.2, 0.25) is 0 Å². The molecule has 0 unspecified atom stereocenters. The number of ether oxygens (including phenoxy) is 1. The summed E-state index contributed by atoms with van der Waals surface area (Å²) in [5.41, 5.74) is 16.7. The first-order valence-electron chi connectivity index (χ1n) is 21.9. The molecule has 0 bridgehead atoms. The van der Waals surface area contributed by atoms with E-state index < -0.39 is 0 Å². The molecule has 0 N–H and O–H groups in total. The normalized spacial score (nSPS) is 12.3. The molecular formula is C60H41N3OS. The minimum Gasteiger partial charge on any atom is -0.453 e. The molecule has 2 aliphatic heterocycles. The maximum Gasteiger partial charge on any atom is 0.153 e. The Morgan fingerprint density at radius 2 is 0.769 bits per heavy atom. The van der Waals surface area contributed by atoms with Crippen LogP contribution in [-0.4, -0.2) is 0 Å². The number of anilines is 9. The number of para-hydroxylation sites is 5. The largest absolute Gasteiger partial charge is 0.453 e. The van der Waals surface area contributed by atoms with Gasteiger partial charge in [0.15, 0.2) is 11.5 Å². The molecule has 0 spiro atoms. The van der Waals surface area contributed by atoms with Gasteiger partial charge < -0.3 is 19.4 Å². The second-order valence-corrected chi connectivity index (χ2v) is 17.2. The van der Waals surface area contributed by atoms with Crippen molar-refractivity contribution >= 4 is 62.9 Å². The summed E-state index contributed by atoms with van der Waals surface area (Å²) in [5.74, 6) is 1.61. The summed E-state index contributed by atoms with van der Waals surface area (Å²) >= 11 is 1.84. The van der Waals surface area contributed by atoms with Crippen LogP contribution in [0.5, 0.6) is 11.5 Å². The lowest BCUT2D eigenvalue weighted by molar-refractivity contribution is 0.477. The molecule has 5 heteroatoms. The standard InChI is InChI=1S/C60H41N3OS/c1-5-17-42(18-6-1)43-29-33-48(34-30-43)61(50-37-38-54-58(39-50)64-57-27-15-13-25-53(57)62(54)46-21-9-3-10-22-46)49-35-31-45(32-36-49)52-41-60-56(40-51(52)44-19-7-2-8-20-44)63(47-23-11-4-12-24-47)55-26-14-16-28-59(55)65-60/h1-41H. The van der Waals surface area contributed by atoms with Gasteiger partial charge in [-0.05, 0) is 130 Å². The zero-order valence-electron chi connectivity index (χ0n) is 35.3. The molecule has 0 saturated carbocycles. The summed E-state index contributed by atoms with van der Waals surface area (Å²) in [6.45, 7) is 0. The second kappa shape index (κ2) is 16.5. The third-order valence-corrected chi connectivity index (χ3v) is 13.3. The minimum absolute atomic E-state index is 0.790. The Balaban J connectivity index is 0.982. The van der Waals surface area contributed by atoms with E-state index in [4.69, 9.17) is 4.74 Å². The molecule has 0 amide bonds. The highest BCUT2D eigenvalue weighted by molar-refractivity contribution is 7.99. The molecule has 2 aliphatic rings. The Hall–Kier alpha value is -8.25. The molecule has 0 aromatic heterocycles. The first-order chi connectivity index (χ1) is 32.2. The van der Waals surface area contributed by atoms with Crippen molar-refractivity contribution in [2.24, 2.45) is 0 Å². The van der Waals surface area contributed by atoms with Crippen molar-refractivity contribution in [3.63, 3.8) is 0 Å². The molecule has 308 valence electrons. The summed E-state index contributed by atoms with van der Waals surface area (Å²) < 4.78 is 6.73. The molecule has 0 atom stereocenters. The average molecular weight is 852 g/mol. The molecule has 0 fully saturated rings. The van der Waals surface area contributed by atoms with E-state index in [2.05, 4.69) is 251 Å². The van der Waals surface area contributed by atoms with Gasteiger partial charge in [-0.2, -0.15) is 0 Å². The van der Waals surface area contributed by atoms with Crippen LogP contribution >= 0.6 is 11.8 Å². The van der Waals surface area contributed by atoms with E-state index in [1.165, 1.54) is 49.0 Å². The van der Waals surface area contributed by atoms with Crippen LogP contribution in [0.15, 0.2) is 259 Å². The van der Waals surface area contributed by atoms with Crippen molar-refractivity contribution in [1.82, 2.24) is 0 Å². The number of hydrogen-bond donors (Lipinski definition) is 0. The van der Waals surface area contributed by atoms with E-state index in [0.29, 0.717) is 0 Å². The fourth-order valence-corrected chi connectivity index (χ4v) is 10.2. The van der Waals surface area contributed by atoms with Gasteiger partial charge in [0.2, 0.25) is 0 Å². The summed E-state index contributed by atoms with van der Waals surface area (Å²) in [5, 5.41) is 0. The monoisotopic (exact) mass is 851 g/mol. The van der Waals surface area contributed by atoms with Gasteiger partial charge in [-0.1, -0.05) is 157 Å². The molecular weight excluding hydrogens is 811 g/mol. The number of fused-ring (bicyclic) bond motifs is 4. The molecule has 0 radical (unpaired) electrons.